The second-order valence-corrected chi connectivity index (χ2v) is 6.01. The van der Waals surface area contributed by atoms with Crippen LogP contribution in [0, 0.1) is 6.92 Å². The van der Waals surface area contributed by atoms with Gasteiger partial charge in [0.1, 0.15) is 0 Å². The van der Waals surface area contributed by atoms with Crippen molar-refractivity contribution in [1.29, 1.82) is 0 Å². The molecule has 112 valence electrons. The molecule has 2 heterocycles. The average molecular weight is 316 g/mol. The molecule has 5 heteroatoms. The fourth-order valence-electron chi connectivity index (χ4n) is 2.97. The topological polar surface area (TPSA) is 47.6 Å². The SMILES string of the molecule is Cc1ccc(C2CC(=O)Nc3cc4c(cc32)OCO4)cc1Cl. The standard InChI is InChI=1S/C17H14ClNO3/c1-9-2-3-10(4-13(9)18)11-6-17(20)19-14-7-16-15(5-12(11)14)21-8-22-16/h2-5,7,11H,6,8H2,1H3,(H,19,20). The fourth-order valence-corrected chi connectivity index (χ4v) is 3.16. The monoisotopic (exact) mass is 315 g/mol. The third-order valence-corrected chi connectivity index (χ3v) is 4.59. The van der Waals surface area contributed by atoms with E-state index in [1.54, 1.807) is 0 Å². The number of anilines is 1. The third-order valence-electron chi connectivity index (χ3n) is 4.18. The quantitative estimate of drug-likeness (QED) is 0.869. The number of amides is 1. The predicted molar refractivity (Wildman–Crippen MR) is 83.8 cm³/mol. The predicted octanol–water partition coefficient (Wildman–Crippen LogP) is 3.85. The van der Waals surface area contributed by atoms with Gasteiger partial charge in [0.25, 0.3) is 0 Å². The molecule has 1 unspecified atom stereocenters. The zero-order valence-electron chi connectivity index (χ0n) is 12.0. The number of carbonyl (C=O) groups is 1. The number of benzene rings is 2. The molecule has 0 fully saturated rings. The van der Waals surface area contributed by atoms with E-state index in [1.807, 2.05) is 37.3 Å². The van der Waals surface area contributed by atoms with E-state index < -0.39 is 0 Å². The molecule has 1 atom stereocenters. The molecule has 0 spiro atoms. The van der Waals surface area contributed by atoms with Crippen molar-refractivity contribution in [3.05, 3.63) is 52.0 Å². The summed E-state index contributed by atoms with van der Waals surface area (Å²) >= 11 is 6.25. The summed E-state index contributed by atoms with van der Waals surface area (Å²) in [6, 6.07) is 9.73. The molecule has 2 aromatic carbocycles. The van der Waals surface area contributed by atoms with Gasteiger partial charge in [0, 0.05) is 29.1 Å². The van der Waals surface area contributed by atoms with Crippen LogP contribution in [0.2, 0.25) is 5.02 Å². The molecule has 0 saturated heterocycles. The van der Waals surface area contributed by atoms with E-state index >= 15 is 0 Å². The lowest BCUT2D eigenvalue weighted by Gasteiger charge is -2.26. The number of ether oxygens (including phenoxy) is 2. The van der Waals surface area contributed by atoms with Gasteiger partial charge >= 0.3 is 0 Å². The molecule has 1 N–H and O–H groups in total. The summed E-state index contributed by atoms with van der Waals surface area (Å²) in [6.07, 6.45) is 0.395. The Morgan fingerprint density at radius 1 is 1.18 bits per heavy atom. The van der Waals surface area contributed by atoms with Crippen molar-refractivity contribution >= 4 is 23.2 Å². The van der Waals surface area contributed by atoms with Crippen molar-refractivity contribution < 1.29 is 14.3 Å². The van der Waals surface area contributed by atoms with E-state index in [9.17, 15) is 4.79 Å². The van der Waals surface area contributed by atoms with Crippen LogP contribution in [0.3, 0.4) is 0 Å². The van der Waals surface area contributed by atoms with Gasteiger partial charge in [-0.25, -0.2) is 0 Å². The highest BCUT2D eigenvalue weighted by atomic mass is 35.5. The number of fused-ring (bicyclic) bond motifs is 2. The minimum Gasteiger partial charge on any atom is -0.454 e. The van der Waals surface area contributed by atoms with Crippen molar-refractivity contribution in [2.75, 3.05) is 12.1 Å². The Morgan fingerprint density at radius 2 is 1.95 bits per heavy atom. The molecule has 4 rings (SSSR count). The maximum atomic E-state index is 12.0. The van der Waals surface area contributed by atoms with Crippen LogP contribution in [0.25, 0.3) is 0 Å². The first-order chi connectivity index (χ1) is 10.6. The van der Waals surface area contributed by atoms with Crippen molar-refractivity contribution in [3.63, 3.8) is 0 Å². The number of aryl methyl sites for hydroxylation is 1. The van der Waals surface area contributed by atoms with E-state index in [4.69, 9.17) is 21.1 Å². The number of carbonyl (C=O) groups excluding carboxylic acids is 1. The first kappa shape index (κ1) is 13.5. The smallest absolute Gasteiger partial charge is 0.231 e. The van der Waals surface area contributed by atoms with Gasteiger partial charge in [-0.1, -0.05) is 23.7 Å². The lowest BCUT2D eigenvalue weighted by Crippen LogP contribution is -2.23. The van der Waals surface area contributed by atoms with Crippen LogP contribution in [0.1, 0.15) is 29.0 Å². The molecule has 22 heavy (non-hydrogen) atoms. The summed E-state index contributed by atoms with van der Waals surface area (Å²) in [4.78, 5) is 12.0. The molecule has 0 radical (unpaired) electrons. The molecule has 1 amide bonds. The molecule has 0 aromatic heterocycles. The van der Waals surface area contributed by atoms with E-state index in [1.165, 1.54) is 0 Å². The minimum atomic E-state index is -0.0312. The average Bonchev–Trinajstić information content (AvgIpc) is 2.94. The van der Waals surface area contributed by atoms with Gasteiger partial charge in [0.15, 0.2) is 11.5 Å². The van der Waals surface area contributed by atoms with Gasteiger partial charge < -0.3 is 14.8 Å². The Balaban J connectivity index is 1.84. The van der Waals surface area contributed by atoms with Gasteiger partial charge in [0.05, 0.1) is 0 Å². The molecule has 0 bridgehead atoms. The Morgan fingerprint density at radius 3 is 2.73 bits per heavy atom. The zero-order valence-corrected chi connectivity index (χ0v) is 12.7. The summed E-state index contributed by atoms with van der Waals surface area (Å²) < 4.78 is 10.8. The molecule has 4 nitrogen and oxygen atoms in total. The molecular formula is C17H14ClNO3. The normalized spacial score (nSPS) is 18.8. The Bertz CT molecular complexity index is 788. The maximum absolute atomic E-state index is 12.0. The van der Waals surface area contributed by atoms with E-state index in [2.05, 4.69) is 5.32 Å². The van der Waals surface area contributed by atoms with Crippen LogP contribution in [0.5, 0.6) is 11.5 Å². The lowest BCUT2D eigenvalue weighted by molar-refractivity contribution is -0.116. The number of nitrogens with one attached hydrogen (secondary N) is 1. The number of rotatable bonds is 1. The summed E-state index contributed by atoms with van der Waals surface area (Å²) in [5, 5.41) is 3.62. The van der Waals surface area contributed by atoms with Gasteiger partial charge in [-0.3, -0.25) is 4.79 Å². The first-order valence-electron chi connectivity index (χ1n) is 7.11. The minimum absolute atomic E-state index is 0.00642. The number of halogens is 1. The first-order valence-corrected chi connectivity index (χ1v) is 7.49. The van der Waals surface area contributed by atoms with Crippen LogP contribution >= 0.6 is 11.6 Å². The molecule has 0 aliphatic carbocycles. The molecule has 0 saturated carbocycles. The number of hydrogen-bond acceptors (Lipinski definition) is 3. The highest BCUT2D eigenvalue weighted by Crippen LogP contribution is 2.45. The molecule has 2 aliphatic rings. The Labute approximate surface area is 133 Å². The van der Waals surface area contributed by atoms with Gasteiger partial charge in [-0.05, 0) is 35.7 Å². The van der Waals surface area contributed by atoms with E-state index in [0.717, 1.165) is 28.1 Å². The summed E-state index contributed by atoms with van der Waals surface area (Å²) in [6.45, 7) is 2.18. The highest BCUT2D eigenvalue weighted by molar-refractivity contribution is 6.31. The largest absolute Gasteiger partial charge is 0.454 e. The Kier molecular flexibility index (Phi) is 3.01. The second kappa shape index (κ2) is 4.92. The summed E-state index contributed by atoms with van der Waals surface area (Å²) in [5.74, 6) is 1.35. The van der Waals surface area contributed by atoms with Crippen LogP contribution in [-0.4, -0.2) is 12.7 Å². The van der Waals surface area contributed by atoms with Crippen molar-refractivity contribution in [2.24, 2.45) is 0 Å². The van der Waals surface area contributed by atoms with Crippen molar-refractivity contribution in [3.8, 4) is 11.5 Å². The molecule has 2 aromatic rings. The van der Waals surface area contributed by atoms with Crippen LogP contribution in [0.15, 0.2) is 30.3 Å². The van der Waals surface area contributed by atoms with E-state index in [-0.39, 0.29) is 18.6 Å². The van der Waals surface area contributed by atoms with E-state index in [0.29, 0.717) is 17.2 Å². The zero-order chi connectivity index (χ0) is 15.3. The fraction of sp³-hybridized carbons (Fsp3) is 0.235. The molecular weight excluding hydrogens is 302 g/mol. The highest BCUT2D eigenvalue weighted by Gasteiger charge is 2.30. The van der Waals surface area contributed by atoms with Crippen LogP contribution in [0.4, 0.5) is 5.69 Å². The van der Waals surface area contributed by atoms with Crippen molar-refractivity contribution in [1.82, 2.24) is 0 Å². The third kappa shape index (κ3) is 2.11. The number of hydrogen-bond donors (Lipinski definition) is 1. The van der Waals surface area contributed by atoms with Gasteiger partial charge in [-0.15, -0.1) is 0 Å². The molecule has 2 aliphatic heterocycles. The summed E-state index contributed by atoms with van der Waals surface area (Å²) in [5.41, 5.74) is 3.87. The maximum Gasteiger partial charge on any atom is 0.231 e. The van der Waals surface area contributed by atoms with Gasteiger partial charge in [-0.2, -0.15) is 0 Å². The van der Waals surface area contributed by atoms with Crippen LogP contribution in [-0.2, 0) is 4.79 Å². The van der Waals surface area contributed by atoms with Crippen LogP contribution < -0.4 is 14.8 Å². The summed E-state index contributed by atoms with van der Waals surface area (Å²) in [7, 11) is 0. The second-order valence-electron chi connectivity index (χ2n) is 5.61. The van der Waals surface area contributed by atoms with Crippen molar-refractivity contribution in [2.45, 2.75) is 19.3 Å². The van der Waals surface area contributed by atoms with Gasteiger partial charge in [0.2, 0.25) is 12.7 Å². The Hall–Kier alpha value is -2.20. The lowest BCUT2D eigenvalue weighted by atomic mass is 9.84.